The number of halogens is 2. The summed E-state index contributed by atoms with van der Waals surface area (Å²) in [7, 11) is 1.59. The van der Waals surface area contributed by atoms with E-state index < -0.39 is 5.82 Å². The Labute approximate surface area is 202 Å². The van der Waals surface area contributed by atoms with Gasteiger partial charge < -0.3 is 14.4 Å². The summed E-state index contributed by atoms with van der Waals surface area (Å²) in [6.07, 6.45) is 2.50. The Bertz CT molecular complexity index is 1230. The molecule has 176 valence electrons. The highest BCUT2D eigenvalue weighted by Crippen LogP contribution is 2.36. The van der Waals surface area contributed by atoms with Crippen molar-refractivity contribution >= 4 is 23.2 Å². The van der Waals surface area contributed by atoms with Gasteiger partial charge in [-0.25, -0.2) is 9.37 Å². The Kier molecular flexibility index (Phi) is 6.39. The maximum atomic E-state index is 13.5. The van der Waals surface area contributed by atoms with Crippen LogP contribution in [0.3, 0.4) is 0 Å². The number of anilines is 1. The normalized spacial score (nSPS) is 15.6. The van der Waals surface area contributed by atoms with Gasteiger partial charge in [0.15, 0.2) is 11.5 Å². The third-order valence-corrected chi connectivity index (χ3v) is 6.58. The highest BCUT2D eigenvalue weighted by atomic mass is 35.5. The molecular weight excluding hydrogens is 457 g/mol. The molecule has 5 rings (SSSR count). The lowest BCUT2D eigenvalue weighted by atomic mass is 10.1. The van der Waals surface area contributed by atoms with Crippen molar-refractivity contribution in [2.45, 2.75) is 19.4 Å². The second kappa shape index (κ2) is 9.60. The number of likely N-dealkylation sites (tertiary alicyclic amines) is 1. The molecule has 1 amide bonds. The molecular formula is C26H25ClFN3O3. The number of rotatable bonds is 7. The van der Waals surface area contributed by atoms with Crippen LogP contribution in [0.2, 0.25) is 5.02 Å². The molecule has 8 heteroatoms. The number of hydrogen-bond donors (Lipinski definition) is 0. The van der Waals surface area contributed by atoms with Gasteiger partial charge in [0.05, 0.1) is 24.4 Å². The molecule has 0 radical (unpaired) electrons. The van der Waals surface area contributed by atoms with Crippen LogP contribution in [0.15, 0.2) is 48.5 Å². The molecule has 34 heavy (non-hydrogen) atoms. The van der Waals surface area contributed by atoms with Crippen LogP contribution in [-0.2, 0) is 6.54 Å². The second-order valence-corrected chi connectivity index (χ2v) is 8.86. The van der Waals surface area contributed by atoms with E-state index in [0.29, 0.717) is 47.3 Å². The zero-order chi connectivity index (χ0) is 23.7. The van der Waals surface area contributed by atoms with Gasteiger partial charge in [0.25, 0.3) is 5.91 Å². The van der Waals surface area contributed by atoms with Crippen LogP contribution in [0.5, 0.6) is 11.5 Å². The Morgan fingerprint density at radius 2 is 1.88 bits per heavy atom. The van der Waals surface area contributed by atoms with Gasteiger partial charge in [-0.2, -0.15) is 0 Å². The molecule has 6 nitrogen and oxygen atoms in total. The van der Waals surface area contributed by atoms with Crippen LogP contribution in [0.25, 0.3) is 11.3 Å². The summed E-state index contributed by atoms with van der Waals surface area (Å²) in [6, 6.07) is 13.6. The minimum absolute atomic E-state index is 0.0163. The van der Waals surface area contributed by atoms with E-state index in [0.717, 1.165) is 25.2 Å². The number of pyridine rings is 1. The van der Waals surface area contributed by atoms with E-state index in [1.165, 1.54) is 25.0 Å². The summed E-state index contributed by atoms with van der Waals surface area (Å²) in [4.78, 5) is 21.8. The maximum absolute atomic E-state index is 13.5. The van der Waals surface area contributed by atoms with Gasteiger partial charge in [0.1, 0.15) is 18.1 Å². The predicted molar refractivity (Wildman–Crippen MR) is 129 cm³/mol. The smallest absolute Gasteiger partial charge is 0.277 e. The molecule has 2 aliphatic heterocycles. The Morgan fingerprint density at radius 1 is 1.06 bits per heavy atom. The van der Waals surface area contributed by atoms with Crippen LogP contribution in [0.4, 0.5) is 10.1 Å². The van der Waals surface area contributed by atoms with Gasteiger partial charge >= 0.3 is 0 Å². The first-order valence-electron chi connectivity index (χ1n) is 11.3. The number of amides is 1. The topological polar surface area (TPSA) is 54.9 Å². The summed E-state index contributed by atoms with van der Waals surface area (Å²) in [5, 5.41) is 0.0163. The molecule has 0 unspecified atom stereocenters. The minimum atomic E-state index is -0.494. The summed E-state index contributed by atoms with van der Waals surface area (Å²) >= 11 is 5.92. The maximum Gasteiger partial charge on any atom is 0.277 e. The fraction of sp³-hybridized carbons (Fsp3) is 0.308. The lowest BCUT2D eigenvalue weighted by molar-refractivity contribution is 0.0992. The Hall–Kier alpha value is -3.16. The first-order chi connectivity index (χ1) is 16.5. The van der Waals surface area contributed by atoms with E-state index >= 15 is 0 Å². The van der Waals surface area contributed by atoms with Crippen LogP contribution < -0.4 is 14.4 Å². The molecule has 2 aliphatic rings. The summed E-state index contributed by atoms with van der Waals surface area (Å²) in [5.41, 5.74) is 3.13. The SMILES string of the molecule is COc1cc(N2Cc3ccc(-c4ccc(F)c(Cl)c4)nc3C2=O)ccc1OCCN1CCCC1. The molecule has 0 N–H and O–H groups in total. The average Bonchev–Trinajstić information content (AvgIpc) is 3.49. The van der Waals surface area contributed by atoms with Gasteiger partial charge in [-0.15, -0.1) is 0 Å². The van der Waals surface area contributed by atoms with Gasteiger partial charge in [-0.1, -0.05) is 17.7 Å². The average molecular weight is 482 g/mol. The monoisotopic (exact) mass is 481 g/mol. The number of nitrogens with zero attached hydrogens (tertiary/aromatic N) is 3. The summed E-state index contributed by atoms with van der Waals surface area (Å²) < 4.78 is 25.0. The number of methoxy groups -OCH3 is 1. The number of ether oxygens (including phenoxy) is 2. The van der Waals surface area contributed by atoms with E-state index in [1.807, 2.05) is 30.3 Å². The van der Waals surface area contributed by atoms with Crippen molar-refractivity contribution in [3.8, 4) is 22.8 Å². The first kappa shape index (κ1) is 22.6. The van der Waals surface area contributed by atoms with Gasteiger partial charge in [0.2, 0.25) is 0 Å². The lowest BCUT2D eigenvalue weighted by Crippen LogP contribution is -2.25. The molecule has 1 aromatic heterocycles. The Morgan fingerprint density at radius 3 is 2.65 bits per heavy atom. The molecule has 0 atom stereocenters. The van der Waals surface area contributed by atoms with Crippen LogP contribution in [0, 0.1) is 5.82 Å². The number of aromatic nitrogens is 1. The molecule has 1 saturated heterocycles. The summed E-state index contributed by atoms with van der Waals surface area (Å²) in [6.45, 7) is 4.13. The Balaban J connectivity index is 1.33. The van der Waals surface area contributed by atoms with Crippen LogP contribution in [0.1, 0.15) is 28.9 Å². The number of benzene rings is 2. The van der Waals surface area contributed by atoms with Crippen molar-refractivity contribution in [3.05, 3.63) is 70.6 Å². The molecule has 3 aromatic rings. The van der Waals surface area contributed by atoms with Crippen molar-refractivity contribution in [2.75, 3.05) is 38.3 Å². The van der Waals surface area contributed by atoms with Gasteiger partial charge in [0, 0.05) is 29.4 Å². The largest absolute Gasteiger partial charge is 0.493 e. The van der Waals surface area contributed by atoms with E-state index in [9.17, 15) is 9.18 Å². The molecule has 2 aromatic carbocycles. The molecule has 0 saturated carbocycles. The fourth-order valence-corrected chi connectivity index (χ4v) is 4.61. The van der Waals surface area contributed by atoms with Gasteiger partial charge in [-0.05, 0) is 62.3 Å². The van der Waals surface area contributed by atoms with Crippen LogP contribution in [-0.4, -0.2) is 49.1 Å². The zero-order valence-electron chi connectivity index (χ0n) is 18.9. The zero-order valence-corrected chi connectivity index (χ0v) is 19.6. The standard InChI is InChI=1S/C26H25ClFN3O3/c1-33-24-15-19(6-9-23(24)34-13-12-30-10-2-3-11-30)31-16-18-5-8-22(29-25(18)26(31)32)17-4-7-21(28)20(27)14-17/h4-9,14-15H,2-3,10-13,16H2,1H3. The number of carbonyl (C=O) groups is 1. The van der Waals surface area contributed by atoms with E-state index in [-0.39, 0.29) is 10.9 Å². The second-order valence-electron chi connectivity index (χ2n) is 8.46. The quantitative estimate of drug-likeness (QED) is 0.465. The van der Waals surface area contributed by atoms with Crippen molar-refractivity contribution < 1.29 is 18.7 Å². The molecule has 0 aliphatic carbocycles. The minimum Gasteiger partial charge on any atom is -0.493 e. The first-order valence-corrected chi connectivity index (χ1v) is 11.7. The number of carbonyl (C=O) groups excluding carboxylic acids is 1. The van der Waals surface area contributed by atoms with Crippen molar-refractivity contribution in [1.82, 2.24) is 9.88 Å². The third kappa shape index (κ3) is 4.45. The van der Waals surface area contributed by atoms with E-state index in [4.69, 9.17) is 21.1 Å². The highest BCUT2D eigenvalue weighted by molar-refractivity contribution is 6.31. The van der Waals surface area contributed by atoms with E-state index in [2.05, 4.69) is 9.88 Å². The highest BCUT2D eigenvalue weighted by Gasteiger charge is 2.31. The molecule has 3 heterocycles. The third-order valence-electron chi connectivity index (χ3n) is 6.29. The fourth-order valence-electron chi connectivity index (χ4n) is 4.43. The number of fused-ring (bicyclic) bond motifs is 1. The molecule has 0 bridgehead atoms. The van der Waals surface area contributed by atoms with Crippen molar-refractivity contribution in [1.29, 1.82) is 0 Å². The van der Waals surface area contributed by atoms with Crippen molar-refractivity contribution in [2.24, 2.45) is 0 Å². The predicted octanol–water partition coefficient (Wildman–Crippen LogP) is 5.18. The van der Waals surface area contributed by atoms with E-state index in [1.54, 1.807) is 18.1 Å². The van der Waals surface area contributed by atoms with Crippen LogP contribution >= 0.6 is 11.6 Å². The summed E-state index contributed by atoms with van der Waals surface area (Å²) in [5.74, 6) is 0.543. The molecule has 0 spiro atoms. The van der Waals surface area contributed by atoms with Crippen molar-refractivity contribution in [3.63, 3.8) is 0 Å². The number of hydrogen-bond acceptors (Lipinski definition) is 5. The lowest BCUT2D eigenvalue weighted by Gasteiger charge is -2.19. The van der Waals surface area contributed by atoms with Gasteiger partial charge in [-0.3, -0.25) is 9.69 Å². The molecule has 1 fully saturated rings.